The van der Waals surface area contributed by atoms with Crippen LogP contribution in [0.5, 0.6) is 5.75 Å². The summed E-state index contributed by atoms with van der Waals surface area (Å²) in [5.74, 6) is -5.28. The highest BCUT2D eigenvalue weighted by atomic mass is 16.4. The summed E-state index contributed by atoms with van der Waals surface area (Å²) >= 11 is 0. The first-order valence-corrected chi connectivity index (χ1v) is 12.1. The molecule has 0 saturated carbocycles. The Morgan fingerprint density at radius 3 is 1.84 bits per heavy atom. The van der Waals surface area contributed by atoms with E-state index in [1.807, 2.05) is 6.92 Å². The Hall–Kier alpha value is -3.67. The maximum Gasteiger partial charge on any atom is 0.326 e. The van der Waals surface area contributed by atoms with E-state index in [9.17, 15) is 34.2 Å². The van der Waals surface area contributed by atoms with Gasteiger partial charge in [-0.15, -0.1) is 0 Å². The van der Waals surface area contributed by atoms with Crippen LogP contribution in [-0.2, 0) is 30.4 Å². The Labute approximate surface area is 216 Å². The van der Waals surface area contributed by atoms with E-state index < -0.39 is 60.2 Å². The summed E-state index contributed by atoms with van der Waals surface area (Å²) in [5, 5.41) is 35.1. The largest absolute Gasteiger partial charge is 0.508 e. The predicted octanol–water partition coefficient (Wildman–Crippen LogP) is 0.368. The number of phenols is 1. The number of amides is 3. The normalized spacial score (nSPS) is 15.1. The molecule has 3 amide bonds. The molecule has 206 valence electrons. The van der Waals surface area contributed by atoms with Gasteiger partial charge in [0.15, 0.2) is 0 Å². The van der Waals surface area contributed by atoms with E-state index in [2.05, 4.69) is 16.0 Å². The van der Waals surface area contributed by atoms with Gasteiger partial charge in [0.2, 0.25) is 17.7 Å². The maximum atomic E-state index is 13.3. The molecule has 37 heavy (non-hydrogen) atoms. The molecular weight excluding hydrogens is 484 g/mol. The molecule has 0 aliphatic rings. The third kappa shape index (κ3) is 10.9. The van der Waals surface area contributed by atoms with Gasteiger partial charge >= 0.3 is 11.9 Å². The highest BCUT2D eigenvalue weighted by molar-refractivity contribution is 5.94. The molecule has 0 spiro atoms. The molecule has 0 aromatic heterocycles. The SMILES string of the molecule is CCC(C)C(N)C(=O)NC(Cc1ccc(O)cc1)C(=O)NC(CC(C)C)C(=O)NC(CC(=O)O)C(=O)O. The van der Waals surface area contributed by atoms with E-state index in [0.717, 1.165) is 0 Å². The zero-order valence-electron chi connectivity index (χ0n) is 21.6. The minimum atomic E-state index is -1.68. The first kappa shape index (κ1) is 31.4. The lowest BCUT2D eigenvalue weighted by molar-refractivity contribution is -0.147. The molecule has 5 unspecified atom stereocenters. The molecule has 0 heterocycles. The molecule has 1 rings (SSSR count). The fourth-order valence-corrected chi connectivity index (χ4v) is 3.48. The number of hydrogen-bond acceptors (Lipinski definition) is 7. The van der Waals surface area contributed by atoms with Crippen LogP contribution in [0.15, 0.2) is 24.3 Å². The number of phenolic OH excluding ortho intramolecular Hbond substituents is 1. The van der Waals surface area contributed by atoms with E-state index >= 15 is 0 Å². The maximum absolute atomic E-state index is 13.3. The highest BCUT2D eigenvalue weighted by Crippen LogP contribution is 2.13. The summed E-state index contributed by atoms with van der Waals surface area (Å²) in [6.45, 7) is 7.26. The van der Waals surface area contributed by atoms with Crippen LogP contribution in [0.25, 0.3) is 0 Å². The van der Waals surface area contributed by atoms with Crippen molar-refractivity contribution >= 4 is 29.7 Å². The van der Waals surface area contributed by atoms with Gasteiger partial charge in [-0.1, -0.05) is 46.2 Å². The monoisotopic (exact) mass is 522 g/mol. The summed E-state index contributed by atoms with van der Waals surface area (Å²) in [4.78, 5) is 61.3. The minimum Gasteiger partial charge on any atom is -0.508 e. The fourth-order valence-electron chi connectivity index (χ4n) is 3.48. The quantitative estimate of drug-likeness (QED) is 0.169. The van der Waals surface area contributed by atoms with Crippen molar-refractivity contribution < 1.29 is 39.3 Å². The molecule has 0 aliphatic heterocycles. The Bertz CT molecular complexity index is 951. The first-order valence-electron chi connectivity index (χ1n) is 12.1. The Morgan fingerprint density at radius 2 is 1.35 bits per heavy atom. The van der Waals surface area contributed by atoms with Crippen LogP contribution in [0.1, 0.15) is 52.5 Å². The third-order valence-electron chi connectivity index (χ3n) is 5.90. The molecule has 0 bridgehead atoms. The van der Waals surface area contributed by atoms with Crippen molar-refractivity contribution in [2.45, 2.75) is 77.5 Å². The summed E-state index contributed by atoms with van der Waals surface area (Å²) in [6.07, 6.45) is -0.0430. The number of hydrogen-bond donors (Lipinski definition) is 7. The number of nitrogens with one attached hydrogen (secondary N) is 3. The van der Waals surface area contributed by atoms with Gasteiger partial charge in [-0.25, -0.2) is 4.79 Å². The lowest BCUT2D eigenvalue weighted by Crippen LogP contribution is -2.58. The second-order valence-electron chi connectivity index (χ2n) is 9.53. The van der Waals surface area contributed by atoms with Crippen molar-refractivity contribution in [3.05, 3.63) is 29.8 Å². The lowest BCUT2D eigenvalue weighted by Gasteiger charge is -2.26. The smallest absolute Gasteiger partial charge is 0.326 e. The molecule has 12 heteroatoms. The summed E-state index contributed by atoms with van der Waals surface area (Å²) in [6, 6.07) is 1.14. The highest BCUT2D eigenvalue weighted by Gasteiger charge is 2.32. The molecular formula is C25H38N4O8. The Morgan fingerprint density at radius 1 is 0.838 bits per heavy atom. The standard InChI is InChI=1S/C25H38N4O8/c1-5-14(4)21(26)24(35)28-18(11-15-6-8-16(30)9-7-15)23(34)27-17(10-13(2)3)22(33)29-19(25(36)37)12-20(31)32/h6-9,13-14,17-19,21,30H,5,10-12,26H2,1-4H3,(H,27,34)(H,28,35)(H,29,33)(H,31,32)(H,36,37). The first-order chi connectivity index (χ1) is 17.2. The van der Waals surface area contributed by atoms with Gasteiger partial charge in [-0.05, 0) is 36.0 Å². The average molecular weight is 523 g/mol. The molecule has 1 aromatic rings. The second kappa shape index (κ2) is 14.8. The lowest BCUT2D eigenvalue weighted by atomic mass is 9.97. The number of rotatable bonds is 15. The molecule has 8 N–H and O–H groups in total. The van der Waals surface area contributed by atoms with Crippen molar-refractivity contribution in [3.63, 3.8) is 0 Å². The molecule has 0 radical (unpaired) electrons. The van der Waals surface area contributed by atoms with Gasteiger partial charge in [-0.2, -0.15) is 0 Å². The van der Waals surface area contributed by atoms with E-state index in [4.69, 9.17) is 10.8 Å². The number of carboxylic acids is 2. The Kier molecular flexibility index (Phi) is 12.5. The van der Waals surface area contributed by atoms with Gasteiger partial charge in [0, 0.05) is 6.42 Å². The minimum absolute atomic E-state index is 0.0237. The van der Waals surface area contributed by atoms with Crippen LogP contribution in [-0.4, -0.2) is 69.1 Å². The van der Waals surface area contributed by atoms with E-state index in [-0.39, 0.29) is 30.4 Å². The zero-order chi connectivity index (χ0) is 28.3. The molecule has 1 aromatic carbocycles. The van der Waals surface area contributed by atoms with Crippen molar-refractivity contribution in [1.29, 1.82) is 0 Å². The number of benzene rings is 1. The topological polar surface area (TPSA) is 208 Å². The van der Waals surface area contributed by atoms with Crippen LogP contribution >= 0.6 is 0 Å². The van der Waals surface area contributed by atoms with Gasteiger partial charge in [0.05, 0.1) is 12.5 Å². The van der Waals surface area contributed by atoms with Gasteiger partial charge in [-0.3, -0.25) is 19.2 Å². The van der Waals surface area contributed by atoms with Crippen LogP contribution in [0.2, 0.25) is 0 Å². The number of aromatic hydroxyl groups is 1. The van der Waals surface area contributed by atoms with Crippen LogP contribution in [0.3, 0.4) is 0 Å². The van der Waals surface area contributed by atoms with E-state index in [1.54, 1.807) is 32.9 Å². The van der Waals surface area contributed by atoms with Crippen molar-refractivity contribution in [3.8, 4) is 5.75 Å². The molecule has 0 fully saturated rings. The Balaban J connectivity index is 3.17. The van der Waals surface area contributed by atoms with Gasteiger partial charge in [0.1, 0.15) is 23.9 Å². The van der Waals surface area contributed by atoms with E-state index in [0.29, 0.717) is 12.0 Å². The van der Waals surface area contributed by atoms with Gasteiger partial charge < -0.3 is 37.0 Å². The molecule has 0 aliphatic carbocycles. The van der Waals surface area contributed by atoms with Crippen molar-refractivity contribution in [1.82, 2.24) is 16.0 Å². The number of carbonyl (C=O) groups is 5. The summed E-state index contributed by atoms with van der Waals surface area (Å²) < 4.78 is 0. The molecule has 12 nitrogen and oxygen atoms in total. The zero-order valence-corrected chi connectivity index (χ0v) is 21.6. The fraction of sp³-hybridized carbons (Fsp3) is 0.560. The van der Waals surface area contributed by atoms with E-state index in [1.165, 1.54) is 12.1 Å². The summed E-state index contributed by atoms with van der Waals surface area (Å²) in [7, 11) is 0. The van der Waals surface area contributed by atoms with Crippen molar-refractivity contribution in [2.75, 3.05) is 0 Å². The predicted molar refractivity (Wildman–Crippen MR) is 134 cm³/mol. The average Bonchev–Trinajstić information content (AvgIpc) is 2.82. The number of carbonyl (C=O) groups excluding carboxylic acids is 3. The van der Waals surface area contributed by atoms with Crippen molar-refractivity contribution in [2.24, 2.45) is 17.6 Å². The van der Waals surface area contributed by atoms with Crippen LogP contribution < -0.4 is 21.7 Å². The van der Waals surface area contributed by atoms with Crippen LogP contribution in [0, 0.1) is 11.8 Å². The summed E-state index contributed by atoms with van der Waals surface area (Å²) in [5.41, 5.74) is 6.64. The van der Waals surface area contributed by atoms with Gasteiger partial charge in [0.25, 0.3) is 0 Å². The van der Waals surface area contributed by atoms with Crippen LogP contribution in [0.4, 0.5) is 0 Å². The third-order valence-corrected chi connectivity index (χ3v) is 5.90. The number of carboxylic acid groups (broad SMARTS) is 2. The number of aliphatic carboxylic acids is 2. The molecule has 0 saturated heterocycles. The number of nitrogens with two attached hydrogens (primary N) is 1. The molecule has 5 atom stereocenters. The second-order valence-corrected chi connectivity index (χ2v) is 9.53.